The Morgan fingerprint density at radius 2 is 2.14 bits per heavy atom. The quantitative estimate of drug-likeness (QED) is 0.684. The highest BCUT2D eigenvalue weighted by Crippen LogP contribution is 2.25. The Hall–Kier alpha value is -0.730. The maximum absolute atomic E-state index is 11.6. The molecule has 1 aliphatic rings. The summed E-state index contributed by atoms with van der Waals surface area (Å²) in [6.45, 7) is 9.87. The topological polar surface area (TPSA) is 29.5 Å². The smallest absolute Gasteiger partial charge is 0.410 e. The molecule has 3 heteroatoms. The van der Waals surface area contributed by atoms with Gasteiger partial charge in [-0.2, -0.15) is 0 Å². The fourth-order valence-corrected chi connectivity index (χ4v) is 1.99. The van der Waals surface area contributed by atoms with Crippen LogP contribution in [0.3, 0.4) is 0 Å². The van der Waals surface area contributed by atoms with Gasteiger partial charge in [-0.1, -0.05) is 20.3 Å². The number of carbonyl (C=O) groups is 1. The minimum atomic E-state index is -0.150. The van der Waals surface area contributed by atoms with Crippen molar-refractivity contribution in [3.63, 3.8) is 0 Å². The predicted octanol–water partition coefficient (Wildman–Crippen LogP) is 2.51. The van der Waals surface area contributed by atoms with Crippen LogP contribution in [0.5, 0.6) is 0 Å². The van der Waals surface area contributed by atoms with Crippen LogP contribution in [-0.4, -0.2) is 30.2 Å². The van der Waals surface area contributed by atoms with Crippen LogP contribution in [0.1, 0.15) is 34.1 Å². The predicted molar refractivity (Wildman–Crippen MR) is 56.1 cm³/mol. The zero-order valence-corrected chi connectivity index (χ0v) is 9.62. The van der Waals surface area contributed by atoms with Crippen molar-refractivity contribution in [2.45, 2.75) is 40.2 Å². The molecular weight excluding hydrogens is 178 g/mol. The van der Waals surface area contributed by atoms with Gasteiger partial charge < -0.3 is 9.64 Å². The number of rotatable bonds is 2. The summed E-state index contributed by atoms with van der Waals surface area (Å²) in [4.78, 5) is 13.4. The summed E-state index contributed by atoms with van der Waals surface area (Å²) in [5.41, 5.74) is 0. The molecule has 1 aliphatic heterocycles. The SMILES string of the molecule is CCC1CN(C(=O)OC(C)C)CC1C. The minimum absolute atomic E-state index is 0.0153. The lowest BCUT2D eigenvalue weighted by Gasteiger charge is -2.17. The second-order valence-corrected chi connectivity index (χ2v) is 4.48. The van der Waals surface area contributed by atoms with Crippen LogP contribution in [0.4, 0.5) is 4.79 Å². The molecule has 0 bridgehead atoms. The maximum atomic E-state index is 11.6. The van der Waals surface area contributed by atoms with Gasteiger partial charge in [-0.15, -0.1) is 0 Å². The van der Waals surface area contributed by atoms with Crippen LogP contribution in [0.2, 0.25) is 0 Å². The number of carbonyl (C=O) groups excluding carboxylic acids is 1. The Balaban J connectivity index is 2.44. The van der Waals surface area contributed by atoms with E-state index in [4.69, 9.17) is 4.74 Å². The number of nitrogens with zero attached hydrogens (tertiary/aromatic N) is 1. The molecule has 0 aromatic rings. The number of amides is 1. The largest absolute Gasteiger partial charge is 0.447 e. The number of hydrogen-bond acceptors (Lipinski definition) is 2. The molecule has 0 aliphatic carbocycles. The van der Waals surface area contributed by atoms with Gasteiger partial charge in [0.15, 0.2) is 0 Å². The molecule has 0 aromatic heterocycles. The van der Waals surface area contributed by atoms with Gasteiger partial charge in [0.25, 0.3) is 0 Å². The molecule has 0 saturated carbocycles. The third-order valence-electron chi connectivity index (χ3n) is 2.89. The Kier molecular flexibility index (Phi) is 3.78. The first-order chi connectivity index (χ1) is 6.54. The summed E-state index contributed by atoms with van der Waals surface area (Å²) in [5.74, 6) is 1.26. The molecule has 0 aromatic carbocycles. The van der Waals surface area contributed by atoms with Crippen LogP contribution in [0.15, 0.2) is 0 Å². The molecule has 14 heavy (non-hydrogen) atoms. The summed E-state index contributed by atoms with van der Waals surface area (Å²) < 4.78 is 5.16. The van der Waals surface area contributed by atoms with E-state index in [0.29, 0.717) is 11.8 Å². The van der Waals surface area contributed by atoms with Crippen molar-refractivity contribution in [1.82, 2.24) is 4.90 Å². The zero-order valence-electron chi connectivity index (χ0n) is 9.62. The Bertz CT molecular complexity index is 203. The first kappa shape index (κ1) is 11.3. The third-order valence-corrected chi connectivity index (χ3v) is 2.89. The van der Waals surface area contributed by atoms with Crippen LogP contribution in [0, 0.1) is 11.8 Å². The molecule has 1 fully saturated rings. The Morgan fingerprint density at radius 1 is 1.50 bits per heavy atom. The highest BCUT2D eigenvalue weighted by atomic mass is 16.6. The molecule has 0 N–H and O–H groups in total. The first-order valence-corrected chi connectivity index (χ1v) is 5.50. The van der Waals surface area contributed by atoms with Crippen molar-refractivity contribution in [2.75, 3.05) is 13.1 Å². The van der Waals surface area contributed by atoms with E-state index in [1.54, 1.807) is 0 Å². The number of likely N-dealkylation sites (tertiary alicyclic amines) is 1. The summed E-state index contributed by atoms with van der Waals surface area (Å²) in [6, 6.07) is 0. The van der Waals surface area contributed by atoms with E-state index in [2.05, 4.69) is 13.8 Å². The van der Waals surface area contributed by atoms with E-state index in [1.807, 2.05) is 18.7 Å². The van der Waals surface area contributed by atoms with E-state index in [-0.39, 0.29) is 12.2 Å². The van der Waals surface area contributed by atoms with Crippen LogP contribution in [-0.2, 0) is 4.74 Å². The van der Waals surface area contributed by atoms with Crippen molar-refractivity contribution < 1.29 is 9.53 Å². The van der Waals surface area contributed by atoms with Crippen LogP contribution in [0.25, 0.3) is 0 Å². The second-order valence-electron chi connectivity index (χ2n) is 4.48. The van der Waals surface area contributed by atoms with Crippen molar-refractivity contribution in [1.29, 1.82) is 0 Å². The molecule has 3 nitrogen and oxygen atoms in total. The average molecular weight is 199 g/mol. The molecule has 0 spiro atoms. The van der Waals surface area contributed by atoms with E-state index >= 15 is 0 Å². The van der Waals surface area contributed by atoms with E-state index in [0.717, 1.165) is 19.5 Å². The van der Waals surface area contributed by atoms with Crippen LogP contribution >= 0.6 is 0 Å². The van der Waals surface area contributed by atoms with Gasteiger partial charge in [-0.3, -0.25) is 0 Å². The fourth-order valence-electron chi connectivity index (χ4n) is 1.99. The molecule has 1 saturated heterocycles. The fraction of sp³-hybridized carbons (Fsp3) is 0.909. The van der Waals surface area contributed by atoms with Crippen molar-refractivity contribution in [3.8, 4) is 0 Å². The highest BCUT2D eigenvalue weighted by molar-refractivity contribution is 5.68. The molecule has 0 radical (unpaired) electrons. The molecule has 1 heterocycles. The normalized spacial score (nSPS) is 27.1. The Labute approximate surface area is 86.4 Å². The molecule has 1 rings (SSSR count). The van der Waals surface area contributed by atoms with Gasteiger partial charge >= 0.3 is 6.09 Å². The monoisotopic (exact) mass is 199 g/mol. The van der Waals surface area contributed by atoms with Crippen molar-refractivity contribution >= 4 is 6.09 Å². The molecule has 2 unspecified atom stereocenters. The zero-order chi connectivity index (χ0) is 10.7. The summed E-state index contributed by atoms with van der Waals surface area (Å²) in [5, 5.41) is 0. The molecule has 82 valence electrons. The minimum Gasteiger partial charge on any atom is -0.447 e. The van der Waals surface area contributed by atoms with Gasteiger partial charge in [0.2, 0.25) is 0 Å². The van der Waals surface area contributed by atoms with E-state index in [1.165, 1.54) is 0 Å². The first-order valence-electron chi connectivity index (χ1n) is 5.50. The summed E-state index contributed by atoms with van der Waals surface area (Å²) >= 11 is 0. The highest BCUT2D eigenvalue weighted by Gasteiger charge is 2.32. The standard InChI is InChI=1S/C11H21NO2/c1-5-10-7-12(6-9(10)4)11(13)14-8(2)3/h8-10H,5-7H2,1-4H3. The van der Waals surface area contributed by atoms with Gasteiger partial charge in [0.1, 0.15) is 0 Å². The second kappa shape index (κ2) is 4.67. The number of ether oxygens (including phenoxy) is 1. The van der Waals surface area contributed by atoms with Crippen molar-refractivity contribution in [3.05, 3.63) is 0 Å². The van der Waals surface area contributed by atoms with Crippen LogP contribution < -0.4 is 0 Å². The number of hydrogen-bond donors (Lipinski definition) is 0. The van der Waals surface area contributed by atoms with Crippen molar-refractivity contribution in [2.24, 2.45) is 11.8 Å². The Morgan fingerprint density at radius 3 is 2.57 bits per heavy atom. The maximum Gasteiger partial charge on any atom is 0.410 e. The van der Waals surface area contributed by atoms with Gasteiger partial charge in [0.05, 0.1) is 6.10 Å². The lowest BCUT2D eigenvalue weighted by Crippen LogP contribution is -2.31. The third kappa shape index (κ3) is 2.63. The lowest BCUT2D eigenvalue weighted by atomic mass is 9.96. The van der Waals surface area contributed by atoms with Gasteiger partial charge in [-0.05, 0) is 25.7 Å². The van der Waals surface area contributed by atoms with Gasteiger partial charge in [0, 0.05) is 13.1 Å². The van der Waals surface area contributed by atoms with Gasteiger partial charge in [-0.25, -0.2) is 4.79 Å². The van der Waals surface area contributed by atoms with E-state index < -0.39 is 0 Å². The molecule has 2 atom stereocenters. The molecular formula is C11H21NO2. The lowest BCUT2D eigenvalue weighted by molar-refractivity contribution is 0.0820. The molecule has 1 amide bonds. The average Bonchev–Trinajstić information content (AvgIpc) is 2.45. The summed E-state index contributed by atoms with van der Waals surface area (Å²) in [7, 11) is 0. The van der Waals surface area contributed by atoms with E-state index in [9.17, 15) is 4.79 Å². The summed E-state index contributed by atoms with van der Waals surface area (Å²) in [6.07, 6.45) is 0.980.